The molecular weight excluding hydrogens is 579 g/mol. The van der Waals surface area contributed by atoms with E-state index in [1.54, 1.807) is 24.3 Å². The van der Waals surface area contributed by atoms with Gasteiger partial charge in [-0.1, -0.05) is 71.4 Å². The lowest BCUT2D eigenvalue weighted by Crippen LogP contribution is -2.17. The molecule has 0 spiro atoms. The van der Waals surface area contributed by atoms with E-state index >= 15 is 0 Å². The van der Waals surface area contributed by atoms with Crippen molar-refractivity contribution in [2.24, 2.45) is 0 Å². The summed E-state index contributed by atoms with van der Waals surface area (Å²) in [6, 6.07) is 14.4. The van der Waals surface area contributed by atoms with Crippen LogP contribution in [0.5, 0.6) is 5.75 Å². The molecule has 0 radical (unpaired) electrons. The number of amides is 1. The molecule has 39 heavy (non-hydrogen) atoms. The minimum absolute atomic E-state index is 0.0316. The molecule has 1 N–H and O–H groups in total. The minimum Gasteiger partial charge on any atom is -0.481 e. The van der Waals surface area contributed by atoms with Crippen LogP contribution in [0.15, 0.2) is 71.7 Å². The van der Waals surface area contributed by atoms with Crippen LogP contribution in [0.2, 0.25) is 10.0 Å². The van der Waals surface area contributed by atoms with Gasteiger partial charge in [0.1, 0.15) is 16.3 Å². The van der Waals surface area contributed by atoms with Gasteiger partial charge in [0, 0.05) is 28.6 Å². The highest BCUT2D eigenvalue weighted by atomic mass is 35.5. The number of aromatic nitrogens is 3. The van der Waals surface area contributed by atoms with E-state index in [0.29, 0.717) is 49.4 Å². The fourth-order valence-electron chi connectivity index (χ4n) is 3.70. The normalized spacial score (nSPS) is 11.6. The van der Waals surface area contributed by atoms with Gasteiger partial charge in [0.2, 0.25) is 5.91 Å². The standard InChI is InChI=1S/C27H24Cl2N4O4S2/c1-4-12-33-24(16(2)37-21-13-18(28)10-11-20(21)29)31-32-27(33)39-15-22(34)30-25-23(26(35)36-3)19(14-38-25)17-8-6-5-7-9-17/h4-11,13-14,16H,1,12,15H2,2-3H3,(H,30,34). The molecule has 0 bridgehead atoms. The first-order valence-electron chi connectivity index (χ1n) is 11.7. The van der Waals surface area contributed by atoms with Gasteiger partial charge in [-0.2, -0.15) is 0 Å². The first kappa shape index (κ1) is 28.7. The number of esters is 1. The smallest absolute Gasteiger partial charge is 0.341 e. The zero-order chi connectivity index (χ0) is 27.9. The van der Waals surface area contributed by atoms with Gasteiger partial charge in [-0.25, -0.2) is 4.79 Å². The van der Waals surface area contributed by atoms with Crippen LogP contribution < -0.4 is 10.1 Å². The summed E-state index contributed by atoms with van der Waals surface area (Å²) >= 11 is 14.8. The molecular formula is C27H24Cl2N4O4S2. The largest absolute Gasteiger partial charge is 0.481 e. The fraction of sp³-hybridized carbons (Fsp3) is 0.185. The lowest BCUT2D eigenvalue weighted by molar-refractivity contribution is -0.113. The quantitative estimate of drug-likeness (QED) is 0.110. The lowest BCUT2D eigenvalue weighted by Gasteiger charge is -2.16. The maximum absolute atomic E-state index is 12.9. The van der Waals surface area contributed by atoms with Crippen molar-refractivity contribution in [1.82, 2.24) is 14.8 Å². The molecule has 1 atom stereocenters. The molecule has 0 fully saturated rings. The van der Waals surface area contributed by atoms with Gasteiger partial charge in [-0.05, 0) is 24.6 Å². The number of halogens is 2. The molecule has 4 aromatic rings. The molecule has 0 aliphatic carbocycles. The highest BCUT2D eigenvalue weighted by molar-refractivity contribution is 7.99. The minimum atomic E-state index is -0.526. The van der Waals surface area contributed by atoms with Crippen molar-refractivity contribution in [3.05, 3.63) is 88.0 Å². The molecule has 0 aliphatic heterocycles. The topological polar surface area (TPSA) is 95.3 Å². The van der Waals surface area contributed by atoms with Crippen molar-refractivity contribution in [2.45, 2.75) is 24.7 Å². The van der Waals surface area contributed by atoms with Crippen LogP contribution >= 0.6 is 46.3 Å². The lowest BCUT2D eigenvalue weighted by atomic mass is 10.0. The van der Waals surface area contributed by atoms with Crippen LogP contribution in [0.4, 0.5) is 5.00 Å². The Kier molecular flexibility index (Phi) is 9.68. The molecule has 0 aliphatic rings. The summed E-state index contributed by atoms with van der Waals surface area (Å²) in [7, 11) is 1.31. The van der Waals surface area contributed by atoms with Crippen molar-refractivity contribution >= 4 is 63.2 Å². The number of rotatable bonds is 11. The van der Waals surface area contributed by atoms with Gasteiger partial charge in [0.15, 0.2) is 17.1 Å². The first-order chi connectivity index (χ1) is 18.8. The van der Waals surface area contributed by atoms with Crippen molar-refractivity contribution < 1.29 is 19.1 Å². The Morgan fingerprint density at radius 2 is 1.97 bits per heavy atom. The summed E-state index contributed by atoms with van der Waals surface area (Å²) in [5.41, 5.74) is 1.86. The fourth-order valence-corrected chi connectivity index (χ4v) is 5.75. The van der Waals surface area contributed by atoms with Crippen LogP contribution in [0.25, 0.3) is 11.1 Å². The maximum Gasteiger partial charge on any atom is 0.341 e. The molecule has 4 rings (SSSR count). The number of carbonyl (C=O) groups excluding carboxylic acids is 2. The number of carbonyl (C=O) groups is 2. The van der Waals surface area contributed by atoms with Crippen LogP contribution in [0, 0.1) is 0 Å². The summed E-state index contributed by atoms with van der Waals surface area (Å²) in [4.78, 5) is 25.5. The number of hydrogen-bond donors (Lipinski definition) is 1. The van der Waals surface area contributed by atoms with E-state index in [-0.39, 0.29) is 11.7 Å². The SMILES string of the molecule is C=CCn1c(SCC(=O)Nc2scc(-c3ccccc3)c2C(=O)OC)nnc1C(C)Oc1cc(Cl)ccc1Cl. The highest BCUT2D eigenvalue weighted by Crippen LogP contribution is 2.36. The van der Waals surface area contributed by atoms with E-state index in [1.807, 2.05) is 47.2 Å². The summed E-state index contributed by atoms with van der Waals surface area (Å²) in [5.74, 6) is 0.154. The average molecular weight is 604 g/mol. The Morgan fingerprint density at radius 1 is 1.21 bits per heavy atom. The van der Waals surface area contributed by atoms with Gasteiger partial charge in [-0.3, -0.25) is 9.36 Å². The molecule has 12 heteroatoms. The predicted molar refractivity (Wildman–Crippen MR) is 156 cm³/mol. The Balaban J connectivity index is 1.48. The number of methoxy groups -OCH3 is 1. The van der Waals surface area contributed by atoms with Crippen molar-refractivity contribution in [3.8, 4) is 16.9 Å². The number of nitrogens with zero attached hydrogens (tertiary/aromatic N) is 3. The Bertz CT molecular complexity index is 1490. The third-order valence-corrected chi connectivity index (χ3v) is 7.88. The monoisotopic (exact) mass is 602 g/mol. The predicted octanol–water partition coefficient (Wildman–Crippen LogP) is 7.16. The summed E-state index contributed by atoms with van der Waals surface area (Å²) < 4.78 is 12.8. The number of nitrogens with one attached hydrogen (secondary N) is 1. The van der Waals surface area contributed by atoms with Crippen LogP contribution in [0.1, 0.15) is 29.2 Å². The highest BCUT2D eigenvalue weighted by Gasteiger charge is 2.24. The van der Waals surface area contributed by atoms with Crippen molar-refractivity contribution in [2.75, 3.05) is 18.2 Å². The van der Waals surface area contributed by atoms with Gasteiger partial charge in [0.25, 0.3) is 0 Å². The zero-order valence-electron chi connectivity index (χ0n) is 21.0. The van der Waals surface area contributed by atoms with Crippen molar-refractivity contribution in [1.29, 1.82) is 0 Å². The molecule has 2 aromatic heterocycles. The summed E-state index contributed by atoms with van der Waals surface area (Å²) in [6.45, 7) is 6.03. The summed E-state index contributed by atoms with van der Waals surface area (Å²) in [6.07, 6.45) is 1.19. The third kappa shape index (κ3) is 6.83. The second kappa shape index (κ2) is 13.2. The van der Waals surface area contributed by atoms with Gasteiger partial charge in [0.05, 0.1) is 17.9 Å². The Morgan fingerprint density at radius 3 is 2.69 bits per heavy atom. The number of hydrogen-bond acceptors (Lipinski definition) is 8. The number of ether oxygens (including phenoxy) is 2. The number of thioether (sulfide) groups is 1. The number of thiophene rings is 1. The Hall–Kier alpha value is -3.31. The van der Waals surface area contributed by atoms with Gasteiger partial charge in [-0.15, -0.1) is 28.1 Å². The average Bonchev–Trinajstić information content (AvgIpc) is 3.54. The van der Waals surface area contributed by atoms with Crippen molar-refractivity contribution in [3.63, 3.8) is 0 Å². The van der Waals surface area contributed by atoms with Crippen LogP contribution in [-0.2, 0) is 16.1 Å². The molecule has 1 amide bonds. The Labute approximate surface area is 243 Å². The zero-order valence-corrected chi connectivity index (χ0v) is 24.2. The number of anilines is 1. The van der Waals surface area contributed by atoms with E-state index in [4.69, 9.17) is 32.7 Å². The third-order valence-electron chi connectivity index (χ3n) is 5.47. The van der Waals surface area contributed by atoms with E-state index in [1.165, 1.54) is 30.2 Å². The van der Waals surface area contributed by atoms with E-state index in [0.717, 1.165) is 5.56 Å². The van der Waals surface area contributed by atoms with Crippen LogP contribution in [-0.4, -0.2) is 39.5 Å². The molecule has 2 heterocycles. The summed E-state index contributed by atoms with van der Waals surface area (Å²) in [5, 5.41) is 15.0. The second-order valence-electron chi connectivity index (χ2n) is 8.12. The number of benzene rings is 2. The molecule has 202 valence electrons. The molecule has 1 unspecified atom stereocenters. The number of allylic oxidation sites excluding steroid dienone is 1. The van der Waals surface area contributed by atoms with Gasteiger partial charge < -0.3 is 14.8 Å². The molecule has 0 saturated heterocycles. The first-order valence-corrected chi connectivity index (χ1v) is 14.3. The van der Waals surface area contributed by atoms with E-state index < -0.39 is 12.1 Å². The van der Waals surface area contributed by atoms with E-state index in [9.17, 15) is 9.59 Å². The van der Waals surface area contributed by atoms with Crippen LogP contribution in [0.3, 0.4) is 0 Å². The molecule has 2 aromatic carbocycles. The second-order valence-corrected chi connectivity index (χ2v) is 10.8. The molecule has 8 nitrogen and oxygen atoms in total. The maximum atomic E-state index is 12.9. The van der Waals surface area contributed by atoms with E-state index in [2.05, 4.69) is 22.1 Å². The van der Waals surface area contributed by atoms with Gasteiger partial charge >= 0.3 is 5.97 Å². The molecule has 0 saturated carbocycles.